The van der Waals surface area contributed by atoms with E-state index in [-0.39, 0.29) is 22.7 Å². The van der Waals surface area contributed by atoms with Gasteiger partial charge < -0.3 is 9.64 Å². The Morgan fingerprint density at radius 1 is 1.53 bits per heavy atom. The summed E-state index contributed by atoms with van der Waals surface area (Å²) in [6, 6.07) is 3.24. The van der Waals surface area contributed by atoms with E-state index in [1.165, 1.54) is 0 Å². The van der Waals surface area contributed by atoms with Crippen molar-refractivity contribution in [1.29, 1.82) is 0 Å². The van der Waals surface area contributed by atoms with Crippen LogP contribution in [0, 0.1) is 11.6 Å². The fraction of sp³-hybridized carbons (Fsp3) is 0.462. The number of carbonyl (C=O) groups is 1. The molecule has 0 aliphatic carbocycles. The number of halogens is 2. The topological polar surface area (TPSA) is 29.5 Å². The van der Waals surface area contributed by atoms with Crippen molar-refractivity contribution < 1.29 is 18.3 Å². The molecule has 1 aliphatic heterocycles. The van der Waals surface area contributed by atoms with Gasteiger partial charge in [-0.2, -0.15) is 0 Å². The zero-order valence-electron chi connectivity index (χ0n) is 10.6. The van der Waals surface area contributed by atoms with Gasteiger partial charge in [0.1, 0.15) is 11.6 Å². The Labute approximate surface area is 114 Å². The molecule has 0 aromatic heterocycles. The molecule has 1 aliphatic rings. The Bertz CT molecular complexity index is 470. The first kappa shape index (κ1) is 14.3. The van der Waals surface area contributed by atoms with Crippen LogP contribution in [0.15, 0.2) is 23.1 Å². The van der Waals surface area contributed by atoms with Crippen LogP contribution >= 0.6 is 11.8 Å². The summed E-state index contributed by atoms with van der Waals surface area (Å²) in [5.41, 5.74) is 0. The predicted molar refractivity (Wildman–Crippen MR) is 69.1 cm³/mol. The molecule has 0 spiro atoms. The van der Waals surface area contributed by atoms with Crippen molar-refractivity contribution in [3.8, 4) is 0 Å². The van der Waals surface area contributed by atoms with Crippen molar-refractivity contribution in [3.05, 3.63) is 29.8 Å². The third-order valence-corrected chi connectivity index (χ3v) is 3.85. The van der Waals surface area contributed by atoms with Crippen LogP contribution in [0.1, 0.15) is 6.92 Å². The molecule has 0 bridgehead atoms. The summed E-state index contributed by atoms with van der Waals surface area (Å²) in [7, 11) is 0. The number of ether oxygens (including phenoxy) is 1. The van der Waals surface area contributed by atoms with E-state index < -0.39 is 11.6 Å². The minimum absolute atomic E-state index is 0.0219. The minimum Gasteiger partial charge on any atom is -0.375 e. The number of amides is 1. The summed E-state index contributed by atoms with van der Waals surface area (Å²) in [6.45, 7) is 3.52. The largest absolute Gasteiger partial charge is 0.375 e. The van der Waals surface area contributed by atoms with E-state index in [4.69, 9.17) is 4.74 Å². The van der Waals surface area contributed by atoms with Gasteiger partial charge in [0.15, 0.2) is 0 Å². The molecule has 1 aromatic carbocycles. The van der Waals surface area contributed by atoms with Crippen LogP contribution in [0.3, 0.4) is 0 Å². The maximum atomic E-state index is 13.4. The summed E-state index contributed by atoms with van der Waals surface area (Å²) in [5.74, 6) is -0.984. The summed E-state index contributed by atoms with van der Waals surface area (Å²) in [4.78, 5) is 13.8. The van der Waals surface area contributed by atoms with Crippen molar-refractivity contribution in [1.82, 2.24) is 4.90 Å². The second kappa shape index (κ2) is 6.34. The van der Waals surface area contributed by atoms with Crippen molar-refractivity contribution in [2.24, 2.45) is 0 Å². The van der Waals surface area contributed by atoms with Crippen LogP contribution in [-0.2, 0) is 9.53 Å². The fourth-order valence-corrected chi connectivity index (χ4v) is 2.73. The lowest BCUT2D eigenvalue weighted by molar-refractivity contribution is -0.135. The molecular weight excluding hydrogens is 272 g/mol. The fourth-order valence-electron chi connectivity index (χ4n) is 1.86. The first-order chi connectivity index (χ1) is 9.06. The Morgan fingerprint density at radius 2 is 2.32 bits per heavy atom. The molecule has 1 aromatic rings. The van der Waals surface area contributed by atoms with E-state index in [9.17, 15) is 13.6 Å². The Kier molecular flexibility index (Phi) is 4.76. The van der Waals surface area contributed by atoms with E-state index in [1.54, 1.807) is 4.90 Å². The van der Waals surface area contributed by atoms with Crippen LogP contribution in [-0.4, -0.2) is 42.4 Å². The Balaban J connectivity index is 1.91. The highest BCUT2D eigenvalue weighted by Gasteiger charge is 2.21. The van der Waals surface area contributed by atoms with Gasteiger partial charge in [-0.25, -0.2) is 8.78 Å². The number of benzene rings is 1. The number of rotatable bonds is 3. The number of thioether (sulfide) groups is 1. The molecule has 3 nitrogen and oxygen atoms in total. The number of hydrogen-bond acceptors (Lipinski definition) is 3. The zero-order chi connectivity index (χ0) is 13.8. The molecule has 1 atom stereocenters. The smallest absolute Gasteiger partial charge is 0.233 e. The van der Waals surface area contributed by atoms with E-state index >= 15 is 0 Å². The van der Waals surface area contributed by atoms with Gasteiger partial charge in [-0.3, -0.25) is 4.79 Å². The second-order valence-electron chi connectivity index (χ2n) is 4.38. The average Bonchev–Trinajstić information content (AvgIpc) is 2.39. The first-order valence-electron chi connectivity index (χ1n) is 6.03. The van der Waals surface area contributed by atoms with Gasteiger partial charge in [0.05, 0.1) is 18.5 Å². The molecule has 1 heterocycles. The van der Waals surface area contributed by atoms with E-state index in [1.807, 2.05) is 6.92 Å². The van der Waals surface area contributed by atoms with Gasteiger partial charge in [-0.1, -0.05) is 0 Å². The molecule has 1 saturated heterocycles. The number of hydrogen-bond donors (Lipinski definition) is 0. The molecule has 0 saturated carbocycles. The Hall–Kier alpha value is -1.14. The number of morpholine rings is 1. The van der Waals surface area contributed by atoms with Crippen LogP contribution in [0.2, 0.25) is 0 Å². The lowest BCUT2D eigenvalue weighted by Gasteiger charge is -2.31. The van der Waals surface area contributed by atoms with Gasteiger partial charge >= 0.3 is 0 Å². The van der Waals surface area contributed by atoms with E-state index in [0.717, 1.165) is 30.0 Å². The van der Waals surface area contributed by atoms with Crippen LogP contribution in [0.25, 0.3) is 0 Å². The second-order valence-corrected chi connectivity index (χ2v) is 5.40. The van der Waals surface area contributed by atoms with Crippen LogP contribution in [0.4, 0.5) is 8.78 Å². The lowest BCUT2D eigenvalue weighted by Crippen LogP contribution is -2.45. The summed E-state index contributed by atoms with van der Waals surface area (Å²) >= 11 is 1.02. The maximum Gasteiger partial charge on any atom is 0.233 e. The number of carbonyl (C=O) groups excluding carboxylic acids is 1. The van der Waals surface area contributed by atoms with Gasteiger partial charge in [0, 0.05) is 18.0 Å². The zero-order valence-corrected chi connectivity index (χ0v) is 11.4. The highest BCUT2D eigenvalue weighted by atomic mass is 32.2. The highest BCUT2D eigenvalue weighted by Crippen LogP contribution is 2.23. The SMILES string of the molecule is C[C@H]1CN(C(=O)CSc2cc(F)ccc2F)CCO1. The Morgan fingerprint density at radius 3 is 3.05 bits per heavy atom. The summed E-state index contributed by atoms with van der Waals surface area (Å²) in [6.07, 6.45) is 0.0219. The van der Waals surface area contributed by atoms with Gasteiger partial charge in [0.2, 0.25) is 5.91 Å². The number of nitrogens with zero attached hydrogens (tertiary/aromatic N) is 1. The quantitative estimate of drug-likeness (QED) is 0.799. The van der Waals surface area contributed by atoms with Crippen molar-refractivity contribution >= 4 is 17.7 Å². The molecule has 0 radical (unpaired) electrons. The maximum absolute atomic E-state index is 13.4. The first-order valence-corrected chi connectivity index (χ1v) is 7.02. The van der Waals surface area contributed by atoms with Crippen LogP contribution < -0.4 is 0 Å². The van der Waals surface area contributed by atoms with Crippen molar-refractivity contribution in [2.75, 3.05) is 25.4 Å². The molecule has 1 fully saturated rings. The molecule has 2 rings (SSSR count). The summed E-state index contributed by atoms with van der Waals surface area (Å²) in [5, 5.41) is 0. The van der Waals surface area contributed by atoms with Gasteiger partial charge in [-0.15, -0.1) is 11.8 Å². The van der Waals surface area contributed by atoms with Crippen molar-refractivity contribution in [2.45, 2.75) is 17.9 Å². The molecule has 104 valence electrons. The molecule has 0 unspecified atom stereocenters. The minimum atomic E-state index is -0.505. The molecule has 19 heavy (non-hydrogen) atoms. The third kappa shape index (κ3) is 3.91. The van der Waals surface area contributed by atoms with Crippen LogP contribution in [0.5, 0.6) is 0 Å². The summed E-state index contributed by atoms with van der Waals surface area (Å²) < 4.78 is 31.7. The van der Waals surface area contributed by atoms with E-state index in [0.29, 0.717) is 19.7 Å². The third-order valence-electron chi connectivity index (χ3n) is 2.84. The predicted octanol–water partition coefficient (Wildman–Crippen LogP) is 2.30. The molecular formula is C13H15F2NO2S. The van der Waals surface area contributed by atoms with E-state index in [2.05, 4.69) is 0 Å². The molecule has 1 amide bonds. The van der Waals surface area contributed by atoms with Gasteiger partial charge in [-0.05, 0) is 25.1 Å². The lowest BCUT2D eigenvalue weighted by atomic mass is 10.3. The van der Waals surface area contributed by atoms with Gasteiger partial charge in [0.25, 0.3) is 0 Å². The standard InChI is InChI=1S/C13H15F2NO2S/c1-9-7-16(4-5-18-9)13(17)8-19-12-6-10(14)2-3-11(12)15/h2-3,6,9H,4-5,7-8H2,1H3/t9-/m0/s1. The molecule has 6 heteroatoms. The highest BCUT2D eigenvalue weighted by molar-refractivity contribution is 8.00. The monoisotopic (exact) mass is 287 g/mol. The average molecular weight is 287 g/mol. The normalized spacial score (nSPS) is 19.5. The molecule has 0 N–H and O–H groups in total. The van der Waals surface area contributed by atoms with Crippen molar-refractivity contribution in [3.63, 3.8) is 0 Å².